The van der Waals surface area contributed by atoms with Gasteiger partial charge in [-0.3, -0.25) is 0 Å². The number of nitrogens with one attached hydrogen (secondary N) is 2. The average molecular weight is 453 g/mol. The highest BCUT2D eigenvalue weighted by Crippen LogP contribution is 2.27. The molecule has 1 aromatic heterocycles. The van der Waals surface area contributed by atoms with Crippen LogP contribution >= 0.6 is 12.2 Å². The average Bonchev–Trinajstić information content (AvgIpc) is 2.83. The van der Waals surface area contributed by atoms with Crippen LogP contribution in [0.5, 0.6) is 0 Å². The van der Waals surface area contributed by atoms with Gasteiger partial charge in [-0.2, -0.15) is 9.97 Å². The van der Waals surface area contributed by atoms with Crippen LogP contribution in [0.3, 0.4) is 0 Å². The summed E-state index contributed by atoms with van der Waals surface area (Å²) in [5.41, 5.74) is 1.35. The largest absolute Gasteiger partial charge is 0.362 e. The fraction of sp³-hybridized carbons (Fsp3) is 0.560. The molecule has 3 heterocycles. The molecule has 7 heteroatoms. The molecule has 0 aliphatic carbocycles. The van der Waals surface area contributed by atoms with Crippen LogP contribution < -0.4 is 20.4 Å². The van der Waals surface area contributed by atoms with Crippen LogP contribution in [0.2, 0.25) is 0 Å². The summed E-state index contributed by atoms with van der Waals surface area (Å²) in [6.07, 6.45) is 8.25. The number of aryl methyl sites for hydroxylation is 1. The Morgan fingerprint density at radius 3 is 2.31 bits per heavy atom. The second kappa shape index (κ2) is 11.5. The lowest BCUT2D eigenvalue weighted by atomic mass is 9.99. The summed E-state index contributed by atoms with van der Waals surface area (Å²) < 4.78 is 0. The highest BCUT2D eigenvalue weighted by Gasteiger charge is 2.21. The number of hydrogen-bond donors (Lipinski definition) is 2. The van der Waals surface area contributed by atoms with Crippen molar-refractivity contribution in [1.29, 1.82) is 0 Å². The molecule has 4 rings (SSSR count). The SMILES string of the molecule is CC1CCN(c2cc(N3CCCCC3)nc(NC(=S)NCCCc3ccccc3)n2)CC1. The summed E-state index contributed by atoms with van der Waals surface area (Å²) in [4.78, 5) is 14.5. The first-order valence-corrected chi connectivity index (χ1v) is 12.6. The maximum atomic E-state index is 5.55. The van der Waals surface area contributed by atoms with Gasteiger partial charge in [0.25, 0.3) is 0 Å². The fourth-order valence-electron chi connectivity index (χ4n) is 4.45. The molecular weight excluding hydrogens is 416 g/mol. The van der Waals surface area contributed by atoms with Crippen molar-refractivity contribution in [2.45, 2.75) is 51.9 Å². The van der Waals surface area contributed by atoms with E-state index in [1.54, 1.807) is 0 Å². The van der Waals surface area contributed by atoms with Crippen molar-refractivity contribution < 1.29 is 0 Å². The molecule has 172 valence electrons. The third-order valence-electron chi connectivity index (χ3n) is 6.48. The fourth-order valence-corrected chi connectivity index (χ4v) is 4.64. The molecular formula is C25H36N6S. The molecule has 0 amide bonds. The van der Waals surface area contributed by atoms with Crippen LogP contribution in [0, 0.1) is 5.92 Å². The molecule has 0 radical (unpaired) electrons. The maximum absolute atomic E-state index is 5.55. The van der Waals surface area contributed by atoms with Gasteiger partial charge in [-0.15, -0.1) is 0 Å². The van der Waals surface area contributed by atoms with E-state index in [9.17, 15) is 0 Å². The third kappa shape index (κ3) is 6.55. The van der Waals surface area contributed by atoms with Crippen molar-refractivity contribution in [3.8, 4) is 0 Å². The highest BCUT2D eigenvalue weighted by atomic mass is 32.1. The smallest absolute Gasteiger partial charge is 0.232 e. The second-order valence-corrected chi connectivity index (χ2v) is 9.50. The van der Waals surface area contributed by atoms with E-state index >= 15 is 0 Å². The van der Waals surface area contributed by atoms with E-state index in [1.165, 1.54) is 37.7 Å². The molecule has 0 saturated carbocycles. The lowest BCUT2D eigenvalue weighted by Gasteiger charge is -2.33. The maximum Gasteiger partial charge on any atom is 0.232 e. The Morgan fingerprint density at radius 1 is 0.969 bits per heavy atom. The van der Waals surface area contributed by atoms with Crippen molar-refractivity contribution in [2.24, 2.45) is 5.92 Å². The van der Waals surface area contributed by atoms with E-state index in [0.29, 0.717) is 11.1 Å². The minimum atomic E-state index is 0.590. The van der Waals surface area contributed by atoms with Crippen molar-refractivity contribution in [3.05, 3.63) is 42.0 Å². The van der Waals surface area contributed by atoms with E-state index < -0.39 is 0 Å². The first kappa shape index (κ1) is 22.8. The molecule has 2 fully saturated rings. The van der Waals surface area contributed by atoms with Crippen molar-refractivity contribution in [2.75, 3.05) is 47.8 Å². The van der Waals surface area contributed by atoms with Gasteiger partial charge >= 0.3 is 0 Å². The quantitative estimate of drug-likeness (QED) is 0.469. The number of thiocarbonyl (C=S) groups is 1. The molecule has 2 aromatic rings. The van der Waals surface area contributed by atoms with E-state index in [-0.39, 0.29) is 0 Å². The van der Waals surface area contributed by atoms with Gasteiger partial charge in [0.05, 0.1) is 0 Å². The molecule has 1 aromatic carbocycles. The minimum Gasteiger partial charge on any atom is -0.362 e. The molecule has 2 aliphatic rings. The third-order valence-corrected chi connectivity index (χ3v) is 6.73. The Kier molecular flexibility index (Phi) is 8.15. The van der Waals surface area contributed by atoms with Crippen LogP contribution in [-0.4, -0.2) is 47.8 Å². The van der Waals surface area contributed by atoms with Gasteiger partial charge in [0, 0.05) is 38.8 Å². The first-order chi connectivity index (χ1) is 15.7. The number of hydrogen-bond acceptors (Lipinski definition) is 5. The van der Waals surface area contributed by atoms with Crippen molar-refractivity contribution in [1.82, 2.24) is 15.3 Å². The lowest BCUT2D eigenvalue weighted by Crippen LogP contribution is -2.35. The van der Waals surface area contributed by atoms with Gasteiger partial charge in [0.15, 0.2) is 5.11 Å². The molecule has 0 spiro atoms. The van der Waals surface area contributed by atoms with Gasteiger partial charge in [0.1, 0.15) is 11.6 Å². The van der Waals surface area contributed by atoms with Gasteiger partial charge in [-0.1, -0.05) is 37.3 Å². The lowest BCUT2D eigenvalue weighted by molar-refractivity contribution is 0.436. The Hall–Kier alpha value is -2.41. The zero-order chi connectivity index (χ0) is 22.2. The van der Waals surface area contributed by atoms with Gasteiger partial charge in [-0.25, -0.2) is 0 Å². The second-order valence-electron chi connectivity index (χ2n) is 9.10. The summed E-state index contributed by atoms with van der Waals surface area (Å²) in [6, 6.07) is 12.7. The van der Waals surface area contributed by atoms with E-state index in [0.717, 1.165) is 63.1 Å². The molecule has 6 nitrogen and oxygen atoms in total. The summed E-state index contributed by atoms with van der Waals surface area (Å²) >= 11 is 5.55. The molecule has 2 saturated heterocycles. The zero-order valence-corrected chi connectivity index (χ0v) is 20.0. The summed E-state index contributed by atoms with van der Waals surface area (Å²) in [5, 5.41) is 7.16. The van der Waals surface area contributed by atoms with Crippen LogP contribution in [0.1, 0.15) is 51.0 Å². The number of aromatic nitrogens is 2. The molecule has 0 bridgehead atoms. The number of benzene rings is 1. The molecule has 0 unspecified atom stereocenters. The predicted octanol–water partition coefficient (Wildman–Crippen LogP) is 4.62. The molecule has 2 aliphatic heterocycles. The Bertz CT molecular complexity index is 860. The van der Waals surface area contributed by atoms with Crippen LogP contribution in [0.25, 0.3) is 0 Å². The standard InChI is InChI=1S/C25H36N6S/c1-20-12-17-31(18-13-20)23-19-22(30-15-6-3-7-16-30)27-24(28-23)29-25(32)26-14-8-11-21-9-4-2-5-10-21/h2,4-5,9-10,19-20H,3,6-8,11-18H2,1H3,(H2,26,27,28,29,32). The normalized spacial score (nSPS) is 17.3. The Morgan fingerprint density at radius 2 is 1.62 bits per heavy atom. The van der Waals surface area contributed by atoms with Gasteiger partial charge in [-0.05, 0) is 68.6 Å². The highest BCUT2D eigenvalue weighted by molar-refractivity contribution is 7.80. The first-order valence-electron chi connectivity index (χ1n) is 12.1. The summed E-state index contributed by atoms with van der Waals surface area (Å²) in [7, 11) is 0. The summed E-state index contributed by atoms with van der Waals surface area (Å²) in [5.74, 6) is 3.42. The monoisotopic (exact) mass is 452 g/mol. The van der Waals surface area contributed by atoms with Crippen LogP contribution in [0.15, 0.2) is 36.4 Å². The van der Waals surface area contributed by atoms with E-state index in [1.807, 2.05) is 0 Å². The Labute approximate surface area is 197 Å². The van der Waals surface area contributed by atoms with Gasteiger partial charge in [0.2, 0.25) is 5.95 Å². The number of anilines is 3. The number of nitrogens with zero attached hydrogens (tertiary/aromatic N) is 4. The molecule has 0 atom stereocenters. The van der Waals surface area contributed by atoms with Crippen LogP contribution in [-0.2, 0) is 6.42 Å². The molecule has 2 N–H and O–H groups in total. The van der Waals surface area contributed by atoms with E-state index in [2.05, 4.69) is 63.8 Å². The van der Waals surface area contributed by atoms with Crippen molar-refractivity contribution in [3.63, 3.8) is 0 Å². The topological polar surface area (TPSA) is 56.3 Å². The minimum absolute atomic E-state index is 0.590. The number of rotatable bonds is 7. The molecule has 32 heavy (non-hydrogen) atoms. The van der Waals surface area contributed by atoms with Crippen molar-refractivity contribution >= 4 is 34.9 Å². The van der Waals surface area contributed by atoms with E-state index in [4.69, 9.17) is 22.2 Å². The summed E-state index contributed by atoms with van der Waals surface area (Å²) in [6.45, 7) is 7.40. The van der Waals surface area contributed by atoms with Crippen LogP contribution in [0.4, 0.5) is 17.6 Å². The van der Waals surface area contributed by atoms with Gasteiger partial charge < -0.3 is 20.4 Å². The number of piperidine rings is 2. The predicted molar refractivity (Wildman–Crippen MR) is 138 cm³/mol. The Balaban J connectivity index is 1.38. The zero-order valence-electron chi connectivity index (χ0n) is 19.2.